The first-order chi connectivity index (χ1) is 11.8. The lowest BCUT2D eigenvalue weighted by atomic mass is 10.2. The number of hydrogen-bond donors (Lipinski definition) is 1. The van der Waals surface area contributed by atoms with Crippen molar-refractivity contribution >= 4 is 11.3 Å². The highest BCUT2D eigenvalue weighted by Gasteiger charge is 2.26. The van der Waals surface area contributed by atoms with Gasteiger partial charge in [-0.1, -0.05) is 11.2 Å². The van der Waals surface area contributed by atoms with Crippen LogP contribution in [0.4, 0.5) is 0 Å². The van der Waals surface area contributed by atoms with Gasteiger partial charge in [-0.15, -0.1) is 11.3 Å². The Hall–Kier alpha value is -2.03. The molecule has 0 saturated carbocycles. The molecule has 0 radical (unpaired) electrons. The van der Waals surface area contributed by atoms with E-state index in [9.17, 15) is 0 Å². The number of imidazole rings is 1. The van der Waals surface area contributed by atoms with E-state index in [2.05, 4.69) is 36.8 Å². The second-order valence-corrected chi connectivity index (χ2v) is 6.91. The number of piperazine rings is 1. The summed E-state index contributed by atoms with van der Waals surface area (Å²) in [4.78, 5) is 17.9. The Kier molecular flexibility index (Phi) is 4.42. The topological polar surface area (TPSA) is 74.1 Å². The molecule has 0 bridgehead atoms. The quantitative estimate of drug-likeness (QED) is 0.766. The number of thiophene rings is 1. The number of H-pyrrole nitrogens is 1. The van der Waals surface area contributed by atoms with Crippen LogP contribution in [0.15, 0.2) is 34.4 Å². The van der Waals surface area contributed by atoms with Crippen molar-refractivity contribution in [2.24, 2.45) is 0 Å². The molecule has 3 aromatic heterocycles. The van der Waals surface area contributed by atoms with Crippen LogP contribution in [0.2, 0.25) is 0 Å². The zero-order valence-electron chi connectivity index (χ0n) is 13.6. The second-order valence-electron chi connectivity index (χ2n) is 5.96. The lowest BCUT2D eigenvalue weighted by Crippen LogP contribution is -2.46. The number of nitrogens with one attached hydrogen (secondary N) is 1. The molecule has 0 aromatic carbocycles. The van der Waals surface area contributed by atoms with Crippen LogP contribution in [0.5, 0.6) is 0 Å². The fourth-order valence-corrected chi connectivity index (χ4v) is 3.62. The van der Waals surface area contributed by atoms with Crippen LogP contribution in [0, 0.1) is 0 Å². The van der Waals surface area contributed by atoms with E-state index in [0.717, 1.165) is 43.4 Å². The molecule has 1 N–H and O–H groups in total. The molecule has 126 valence electrons. The van der Waals surface area contributed by atoms with Crippen molar-refractivity contribution in [2.45, 2.75) is 19.5 Å². The third-order valence-electron chi connectivity index (χ3n) is 4.42. The molecule has 7 nitrogen and oxygen atoms in total. The molecule has 8 heteroatoms. The SMILES string of the molecule is C[C@@H](c1nc(-c2cccs2)no1)N1CCN(Cc2ncc[nH]2)CC1. The van der Waals surface area contributed by atoms with Gasteiger partial charge in [-0.2, -0.15) is 4.98 Å². The highest BCUT2D eigenvalue weighted by molar-refractivity contribution is 7.13. The van der Waals surface area contributed by atoms with Crippen molar-refractivity contribution in [3.05, 3.63) is 41.6 Å². The van der Waals surface area contributed by atoms with Crippen molar-refractivity contribution in [1.82, 2.24) is 29.9 Å². The molecule has 24 heavy (non-hydrogen) atoms. The Morgan fingerprint density at radius 1 is 1.33 bits per heavy atom. The zero-order chi connectivity index (χ0) is 16.4. The third kappa shape index (κ3) is 3.26. The summed E-state index contributed by atoms with van der Waals surface area (Å²) in [6.07, 6.45) is 3.67. The smallest absolute Gasteiger partial charge is 0.244 e. The van der Waals surface area contributed by atoms with E-state index >= 15 is 0 Å². The molecular formula is C16H20N6OS. The van der Waals surface area contributed by atoms with Crippen molar-refractivity contribution in [3.8, 4) is 10.7 Å². The lowest BCUT2D eigenvalue weighted by molar-refractivity contribution is 0.0833. The maximum atomic E-state index is 5.49. The van der Waals surface area contributed by atoms with E-state index in [1.807, 2.05) is 23.7 Å². The summed E-state index contributed by atoms with van der Waals surface area (Å²) in [7, 11) is 0. The van der Waals surface area contributed by atoms with Gasteiger partial charge in [-0.05, 0) is 18.4 Å². The van der Waals surface area contributed by atoms with E-state index in [1.54, 1.807) is 17.5 Å². The van der Waals surface area contributed by atoms with Gasteiger partial charge in [-0.3, -0.25) is 9.80 Å². The average Bonchev–Trinajstić information content (AvgIpc) is 3.36. The lowest BCUT2D eigenvalue weighted by Gasteiger charge is -2.36. The first-order valence-corrected chi connectivity index (χ1v) is 9.00. The molecule has 1 fully saturated rings. The van der Waals surface area contributed by atoms with E-state index in [0.29, 0.717) is 11.7 Å². The summed E-state index contributed by atoms with van der Waals surface area (Å²) in [5, 5.41) is 6.14. The second kappa shape index (κ2) is 6.84. The third-order valence-corrected chi connectivity index (χ3v) is 5.29. The van der Waals surface area contributed by atoms with Crippen LogP contribution < -0.4 is 0 Å². The summed E-state index contributed by atoms with van der Waals surface area (Å²) < 4.78 is 5.49. The standard InChI is InChI=1S/C16H20N6OS/c1-12(16-19-15(20-23-16)13-3-2-10-24-13)22-8-6-21(7-9-22)11-14-17-4-5-18-14/h2-5,10,12H,6-9,11H2,1H3,(H,17,18)/t12-/m0/s1. The van der Waals surface area contributed by atoms with Gasteiger partial charge in [0.05, 0.1) is 17.5 Å². The summed E-state index contributed by atoms with van der Waals surface area (Å²) >= 11 is 1.62. The maximum Gasteiger partial charge on any atom is 0.244 e. The largest absolute Gasteiger partial charge is 0.348 e. The Morgan fingerprint density at radius 3 is 2.92 bits per heavy atom. The Labute approximate surface area is 144 Å². The maximum absolute atomic E-state index is 5.49. The van der Waals surface area contributed by atoms with Crippen LogP contribution in [0.1, 0.15) is 24.7 Å². The Bertz CT molecular complexity index is 745. The molecule has 0 aliphatic carbocycles. The molecule has 1 saturated heterocycles. The van der Waals surface area contributed by atoms with Gasteiger partial charge in [-0.25, -0.2) is 4.98 Å². The molecule has 1 aliphatic heterocycles. The van der Waals surface area contributed by atoms with E-state index in [-0.39, 0.29) is 6.04 Å². The van der Waals surface area contributed by atoms with Crippen LogP contribution in [0.25, 0.3) is 10.7 Å². The van der Waals surface area contributed by atoms with Crippen LogP contribution in [-0.2, 0) is 6.54 Å². The van der Waals surface area contributed by atoms with Crippen molar-refractivity contribution in [1.29, 1.82) is 0 Å². The number of rotatable bonds is 5. The molecule has 3 aromatic rings. The molecular weight excluding hydrogens is 324 g/mol. The number of nitrogens with zero attached hydrogens (tertiary/aromatic N) is 5. The molecule has 0 unspecified atom stereocenters. The summed E-state index contributed by atoms with van der Waals surface area (Å²) in [5.74, 6) is 2.40. The van der Waals surface area contributed by atoms with Gasteiger partial charge in [0.25, 0.3) is 0 Å². The fourth-order valence-electron chi connectivity index (χ4n) is 2.97. The van der Waals surface area contributed by atoms with Crippen LogP contribution in [0.3, 0.4) is 0 Å². The molecule has 1 atom stereocenters. The minimum atomic E-state index is 0.136. The van der Waals surface area contributed by atoms with Gasteiger partial charge < -0.3 is 9.51 Å². The molecule has 4 heterocycles. The predicted octanol–water partition coefficient (Wildman–Crippen LogP) is 2.40. The summed E-state index contributed by atoms with van der Waals surface area (Å²) in [5.41, 5.74) is 0. The minimum Gasteiger partial charge on any atom is -0.348 e. The van der Waals surface area contributed by atoms with Gasteiger partial charge in [0.1, 0.15) is 5.82 Å². The highest BCUT2D eigenvalue weighted by Crippen LogP contribution is 2.25. The molecule has 1 aliphatic rings. The predicted molar refractivity (Wildman–Crippen MR) is 91.5 cm³/mol. The van der Waals surface area contributed by atoms with E-state index < -0.39 is 0 Å². The van der Waals surface area contributed by atoms with Crippen LogP contribution >= 0.6 is 11.3 Å². The first kappa shape index (κ1) is 15.5. The fraction of sp³-hybridized carbons (Fsp3) is 0.438. The highest BCUT2D eigenvalue weighted by atomic mass is 32.1. The van der Waals surface area contributed by atoms with Gasteiger partial charge in [0.2, 0.25) is 11.7 Å². The van der Waals surface area contributed by atoms with Crippen molar-refractivity contribution in [2.75, 3.05) is 26.2 Å². The first-order valence-electron chi connectivity index (χ1n) is 8.12. The Balaban J connectivity index is 1.35. The Morgan fingerprint density at radius 2 is 2.21 bits per heavy atom. The van der Waals surface area contributed by atoms with Crippen LogP contribution in [-0.4, -0.2) is 56.1 Å². The zero-order valence-corrected chi connectivity index (χ0v) is 14.4. The molecule has 0 spiro atoms. The van der Waals surface area contributed by atoms with Gasteiger partial charge in [0.15, 0.2) is 0 Å². The molecule has 4 rings (SSSR count). The summed E-state index contributed by atoms with van der Waals surface area (Å²) in [6, 6.07) is 4.15. The number of aromatic nitrogens is 4. The average molecular weight is 344 g/mol. The monoisotopic (exact) mass is 344 g/mol. The van der Waals surface area contributed by atoms with E-state index in [4.69, 9.17) is 4.52 Å². The normalized spacial score (nSPS) is 18.0. The van der Waals surface area contributed by atoms with E-state index in [1.165, 1.54) is 0 Å². The van der Waals surface area contributed by atoms with Gasteiger partial charge in [0, 0.05) is 38.6 Å². The van der Waals surface area contributed by atoms with Gasteiger partial charge >= 0.3 is 0 Å². The number of aromatic amines is 1. The minimum absolute atomic E-state index is 0.136. The number of hydrogen-bond acceptors (Lipinski definition) is 7. The summed E-state index contributed by atoms with van der Waals surface area (Å²) in [6.45, 7) is 7.00. The van der Waals surface area contributed by atoms with Crippen molar-refractivity contribution in [3.63, 3.8) is 0 Å². The van der Waals surface area contributed by atoms with Crippen molar-refractivity contribution < 1.29 is 4.52 Å². The molecule has 0 amide bonds.